The van der Waals surface area contributed by atoms with Gasteiger partial charge in [-0.25, -0.2) is 9.78 Å². The number of pyridine rings is 2. The second kappa shape index (κ2) is 9.39. The van der Waals surface area contributed by atoms with E-state index >= 15 is 0 Å². The molecule has 3 aliphatic rings. The summed E-state index contributed by atoms with van der Waals surface area (Å²) in [4.78, 5) is 31.2. The summed E-state index contributed by atoms with van der Waals surface area (Å²) in [5.74, 6) is 1.22. The van der Waals surface area contributed by atoms with Crippen LogP contribution in [0.4, 0.5) is 0 Å². The Hall–Kier alpha value is -3.43. The van der Waals surface area contributed by atoms with Crippen molar-refractivity contribution in [1.29, 1.82) is 0 Å². The van der Waals surface area contributed by atoms with Gasteiger partial charge < -0.3 is 29.2 Å². The summed E-state index contributed by atoms with van der Waals surface area (Å²) in [5.41, 5.74) is 2.68. The number of carbonyl (C=O) groups excluding carboxylic acids is 1. The summed E-state index contributed by atoms with van der Waals surface area (Å²) in [6, 6.07) is 5.66. The standard InChI is InChI=1S/C29H33N3O6/c1-4-16(3)13-30-7-6-17-18-10-24-25(37-9-8-36-24)12-22(18)31-26-19(17)14-32-23(26)11-21-20(27(32)33)15-38-28(34)29(21,35)5-2/h10-12,16,30,35H,4-9,13-15H2,1-3H3. The van der Waals surface area contributed by atoms with Crippen LogP contribution in [0.3, 0.4) is 0 Å². The summed E-state index contributed by atoms with van der Waals surface area (Å²) >= 11 is 0. The fraction of sp³-hybridized carbons (Fsp3) is 0.483. The number of esters is 1. The minimum absolute atomic E-state index is 0.107. The zero-order valence-corrected chi connectivity index (χ0v) is 22.1. The second-order valence-corrected chi connectivity index (χ2v) is 10.5. The molecule has 2 unspecified atom stereocenters. The lowest BCUT2D eigenvalue weighted by Gasteiger charge is -2.31. The number of hydrogen-bond donors (Lipinski definition) is 2. The average Bonchev–Trinajstić information content (AvgIpc) is 3.30. The van der Waals surface area contributed by atoms with Gasteiger partial charge in [0.15, 0.2) is 17.1 Å². The Labute approximate surface area is 220 Å². The number of rotatable bonds is 7. The predicted molar refractivity (Wildman–Crippen MR) is 142 cm³/mol. The number of nitrogens with one attached hydrogen (secondary N) is 1. The lowest BCUT2D eigenvalue weighted by atomic mass is 9.86. The number of carbonyl (C=O) groups is 1. The molecule has 2 N–H and O–H groups in total. The third-order valence-electron chi connectivity index (χ3n) is 8.21. The van der Waals surface area contributed by atoms with E-state index in [9.17, 15) is 14.7 Å². The highest BCUT2D eigenvalue weighted by Gasteiger charge is 2.45. The van der Waals surface area contributed by atoms with Crippen LogP contribution < -0.4 is 20.3 Å². The van der Waals surface area contributed by atoms with Crippen LogP contribution in [0, 0.1) is 5.92 Å². The van der Waals surface area contributed by atoms with Gasteiger partial charge in [0.05, 0.1) is 29.0 Å². The molecule has 0 bridgehead atoms. The molecule has 0 amide bonds. The summed E-state index contributed by atoms with van der Waals surface area (Å²) in [7, 11) is 0. The summed E-state index contributed by atoms with van der Waals surface area (Å²) in [6.07, 6.45) is 1.97. The first kappa shape index (κ1) is 24.9. The molecule has 6 rings (SSSR count). The third kappa shape index (κ3) is 3.79. The summed E-state index contributed by atoms with van der Waals surface area (Å²) in [6.45, 7) is 9.04. The highest BCUT2D eigenvalue weighted by atomic mass is 16.6. The van der Waals surface area contributed by atoms with Crippen LogP contribution in [0.2, 0.25) is 0 Å². The maximum Gasteiger partial charge on any atom is 0.343 e. The van der Waals surface area contributed by atoms with Gasteiger partial charge in [-0.05, 0) is 49.5 Å². The molecule has 0 saturated carbocycles. The molecule has 38 heavy (non-hydrogen) atoms. The first-order valence-electron chi connectivity index (χ1n) is 13.5. The van der Waals surface area contributed by atoms with E-state index in [2.05, 4.69) is 19.2 Å². The fourth-order valence-electron chi connectivity index (χ4n) is 5.69. The van der Waals surface area contributed by atoms with Crippen molar-refractivity contribution in [3.63, 3.8) is 0 Å². The van der Waals surface area contributed by atoms with Crippen LogP contribution in [0.5, 0.6) is 11.5 Å². The molecule has 0 saturated heterocycles. The van der Waals surface area contributed by atoms with E-state index in [1.165, 1.54) is 0 Å². The lowest BCUT2D eigenvalue weighted by Crippen LogP contribution is -2.44. The number of ether oxygens (including phenoxy) is 3. The Kier molecular flexibility index (Phi) is 6.15. The van der Waals surface area contributed by atoms with E-state index in [1.54, 1.807) is 17.6 Å². The van der Waals surface area contributed by atoms with Gasteiger partial charge in [0.25, 0.3) is 5.56 Å². The zero-order chi connectivity index (χ0) is 26.6. The van der Waals surface area contributed by atoms with E-state index in [1.807, 2.05) is 12.1 Å². The van der Waals surface area contributed by atoms with Crippen molar-refractivity contribution in [2.24, 2.45) is 5.92 Å². The molecule has 3 aliphatic heterocycles. The molecule has 5 heterocycles. The molecule has 0 fully saturated rings. The smallest absolute Gasteiger partial charge is 0.343 e. The van der Waals surface area contributed by atoms with Gasteiger partial charge >= 0.3 is 5.97 Å². The van der Waals surface area contributed by atoms with Gasteiger partial charge in [0.1, 0.15) is 19.8 Å². The molecule has 2 aromatic heterocycles. The molecule has 9 heteroatoms. The third-order valence-corrected chi connectivity index (χ3v) is 8.21. The predicted octanol–water partition coefficient (Wildman–Crippen LogP) is 3.03. The zero-order valence-electron chi connectivity index (χ0n) is 22.1. The first-order chi connectivity index (χ1) is 18.4. The minimum Gasteiger partial charge on any atom is -0.486 e. The number of hydrogen-bond acceptors (Lipinski definition) is 8. The fourth-order valence-corrected chi connectivity index (χ4v) is 5.69. The lowest BCUT2D eigenvalue weighted by molar-refractivity contribution is -0.172. The average molecular weight is 520 g/mol. The van der Waals surface area contributed by atoms with Crippen molar-refractivity contribution in [3.05, 3.63) is 50.8 Å². The van der Waals surface area contributed by atoms with Crippen LogP contribution in [0.25, 0.3) is 22.3 Å². The molecule has 1 aromatic carbocycles. The van der Waals surface area contributed by atoms with Crippen molar-refractivity contribution in [2.75, 3.05) is 26.3 Å². The molecular weight excluding hydrogens is 486 g/mol. The Balaban J connectivity index is 1.51. The number of cyclic esters (lactones) is 1. The van der Waals surface area contributed by atoms with Crippen molar-refractivity contribution in [3.8, 4) is 22.9 Å². The molecular formula is C29H33N3O6. The van der Waals surface area contributed by atoms with E-state index in [0.29, 0.717) is 59.7 Å². The maximum absolute atomic E-state index is 13.6. The maximum atomic E-state index is 13.6. The Morgan fingerprint density at radius 3 is 2.61 bits per heavy atom. The number of benzene rings is 1. The molecule has 9 nitrogen and oxygen atoms in total. The van der Waals surface area contributed by atoms with E-state index in [0.717, 1.165) is 48.0 Å². The van der Waals surface area contributed by atoms with Gasteiger partial charge in [0.2, 0.25) is 0 Å². The largest absolute Gasteiger partial charge is 0.486 e. The minimum atomic E-state index is -1.85. The van der Waals surface area contributed by atoms with Gasteiger partial charge in [-0.2, -0.15) is 0 Å². The topological polar surface area (TPSA) is 112 Å². The molecule has 3 aromatic rings. The monoisotopic (exact) mass is 519 g/mol. The van der Waals surface area contributed by atoms with Crippen LogP contribution in [0.1, 0.15) is 55.9 Å². The normalized spacial score (nSPS) is 20.1. The van der Waals surface area contributed by atoms with E-state index in [4.69, 9.17) is 19.2 Å². The number of fused-ring (bicyclic) bond motifs is 6. The molecule has 0 radical (unpaired) electrons. The van der Waals surface area contributed by atoms with Crippen LogP contribution in [-0.4, -0.2) is 46.9 Å². The van der Waals surface area contributed by atoms with Crippen LogP contribution in [0.15, 0.2) is 23.0 Å². The number of nitrogens with zero attached hydrogens (tertiary/aromatic N) is 2. The molecule has 0 spiro atoms. The molecule has 2 atom stereocenters. The Bertz CT molecular complexity index is 1510. The Morgan fingerprint density at radius 2 is 1.87 bits per heavy atom. The SMILES string of the molecule is CCC(C)CNCCc1c2c(nc3cc4c(cc13)OCCO4)-c1cc3c(c(=O)n1C2)COC(=O)C3(O)CC. The first-order valence-corrected chi connectivity index (χ1v) is 13.5. The van der Waals surface area contributed by atoms with Crippen LogP contribution in [-0.2, 0) is 34.7 Å². The number of aromatic nitrogens is 2. The van der Waals surface area contributed by atoms with Crippen molar-refractivity contribution >= 4 is 16.9 Å². The summed E-state index contributed by atoms with van der Waals surface area (Å²) < 4.78 is 18.6. The van der Waals surface area contributed by atoms with Gasteiger partial charge in [-0.15, -0.1) is 0 Å². The van der Waals surface area contributed by atoms with Crippen molar-refractivity contribution in [1.82, 2.24) is 14.9 Å². The molecule has 0 aliphatic carbocycles. The second-order valence-electron chi connectivity index (χ2n) is 10.5. The van der Waals surface area contributed by atoms with E-state index < -0.39 is 11.6 Å². The summed E-state index contributed by atoms with van der Waals surface area (Å²) in [5, 5.41) is 15.7. The highest BCUT2D eigenvalue weighted by Crippen LogP contribution is 2.42. The highest BCUT2D eigenvalue weighted by molar-refractivity contribution is 5.91. The van der Waals surface area contributed by atoms with Crippen molar-refractivity contribution < 1.29 is 24.1 Å². The number of aliphatic hydroxyl groups is 1. The van der Waals surface area contributed by atoms with Gasteiger partial charge in [-0.3, -0.25) is 4.79 Å². The van der Waals surface area contributed by atoms with Crippen molar-refractivity contribution in [2.45, 2.75) is 58.8 Å². The van der Waals surface area contributed by atoms with Gasteiger partial charge in [-0.1, -0.05) is 27.2 Å². The quantitative estimate of drug-likeness (QED) is 0.283. The van der Waals surface area contributed by atoms with Crippen LogP contribution >= 0.6 is 0 Å². The molecule has 200 valence electrons. The Morgan fingerprint density at radius 1 is 1.11 bits per heavy atom. The van der Waals surface area contributed by atoms with Gasteiger partial charge in [0, 0.05) is 22.6 Å². The van der Waals surface area contributed by atoms with E-state index in [-0.39, 0.29) is 18.6 Å².